The van der Waals surface area contributed by atoms with Gasteiger partial charge in [-0.25, -0.2) is 4.98 Å². The van der Waals surface area contributed by atoms with Crippen LogP contribution in [0.4, 0.5) is 5.82 Å². The summed E-state index contributed by atoms with van der Waals surface area (Å²) in [4.78, 5) is 6.57. The fraction of sp³-hybridized carbons (Fsp3) is 0.500. The molecule has 2 heterocycles. The van der Waals surface area contributed by atoms with Crippen LogP contribution in [0.3, 0.4) is 0 Å². The van der Waals surface area contributed by atoms with Crippen molar-refractivity contribution < 1.29 is 4.74 Å². The van der Waals surface area contributed by atoms with Gasteiger partial charge in [0.1, 0.15) is 5.82 Å². The van der Waals surface area contributed by atoms with Crippen molar-refractivity contribution in [2.24, 2.45) is 0 Å². The van der Waals surface area contributed by atoms with Crippen LogP contribution in [0.5, 0.6) is 0 Å². The van der Waals surface area contributed by atoms with E-state index in [-0.39, 0.29) is 0 Å². The molecule has 0 radical (unpaired) electrons. The van der Waals surface area contributed by atoms with Gasteiger partial charge < -0.3 is 9.64 Å². The number of ether oxygens (including phenoxy) is 1. The predicted octanol–water partition coefficient (Wildman–Crippen LogP) is 2.72. The summed E-state index contributed by atoms with van der Waals surface area (Å²) < 4.78 is 6.32. The summed E-state index contributed by atoms with van der Waals surface area (Å²) in [6, 6.07) is 2.22. The smallest absolute Gasteiger partial charge is 0.143 e. The minimum atomic E-state index is 0.351. The first-order chi connectivity index (χ1) is 7.18. The molecule has 0 spiro atoms. The van der Waals surface area contributed by atoms with E-state index in [1.165, 1.54) is 0 Å². The molecule has 0 aliphatic carbocycles. The SMILES string of the molecule is CC1COCCN1c1ncc(Cl)cc1Br. The van der Waals surface area contributed by atoms with Crippen LogP contribution in [0.1, 0.15) is 6.92 Å². The first kappa shape index (κ1) is 11.2. The zero-order valence-electron chi connectivity index (χ0n) is 8.41. The molecule has 1 atom stereocenters. The number of morpholine rings is 1. The number of pyridine rings is 1. The Morgan fingerprint density at radius 1 is 1.67 bits per heavy atom. The molecule has 15 heavy (non-hydrogen) atoms. The number of aromatic nitrogens is 1. The Morgan fingerprint density at radius 3 is 3.13 bits per heavy atom. The van der Waals surface area contributed by atoms with E-state index in [1.807, 2.05) is 6.07 Å². The molecule has 0 bridgehead atoms. The van der Waals surface area contributed by atoms with Crippen LogP contribution in [0.2, 0.25) is 5.02 Å². The van der Waals surface area contributed by atoms with Crippen molar-refractivity contribution in [2.45, 2.75) is 13.0 Å². The summed E-state index contributed by atoms with van der Waals surface area (Å²) in [7, 11) is 0. The van der Waals surface area contributed by atoms with E-state index in [4.69, 9.17) is 16.3 Å². The van der Waals surface area contributed by atoms with E-state index in [2.05, 4.69) is 32.7 Å². The topological polar surface area (TPSA) is 25.4 Å². The maximum atomic E-state index is 5.86. The fourth-order valence-electron chi connectivity index (χ4n) is 1.66. The monoisotopic (exact) mass is 290 g/mol. The van der Waals surface area contributed by atoms with Gasteiger partial charge in [0.05, 0.1) is 28.8 Å². The van der Waals surface area contributed by atoms with E-state index < -0.39 is 0 Å². The molecule has 0 saturated carbocycles. The lowest BCUT2D eigenvalue weighted by Crippen LogP contribution is -2.44. The molecule has 0 N–H and O–H groups in total. The van der Waals surface area contributed by atoms with Gasteiger partial charge in [0.2, 0.25) is 0 Å². The largest absolute Gasteiger partial charge is 0.377 e. The summed E-state index contributed by atoms with van der Waals surface area (Å²) in [5, 5.41) is 0.645. The van der Waals surface area contributed by atoms with Crippen LogP contribution in [-0.4, -0.2) is 30.8 Å². The quantitative estimate of drug-likeness (QED) is 0.795. The van der Waals surface area contributed by atoms with Crippen LogP contribution in [0, 0.1) is 0 Å². The molecule has 1 aromatic heterocycles. The lowest BCUT2D eigenvalue weighted by atomic mass is 10.2. The average molecular weight is 292 g/mol. The summed E-state index contributed by atoms with van der Waals surface area (Å²) in [6.07, 6.45) is 1.67. The molecule has 3 nitrogen and oxygen atoms in total. The third-order valence-electron chi connectivity index (χ3n) is 2.43. The molecule has 5 heteroatoms. The van der Waals surface area contributed by atoms with Gasteiger partial charge in [-0.1, -0.05) is 11.6 Å². The van der Waals surface area contributed by atoms with Gasteiger partial charge in [-0.3, -0.25) is 0 Å². The van der Waals surface area contributed by atoms with E-state index in [1.54, 1.807) is 6.20 Å². The Hall–Kier alpha value is -0.320. The molecule has 1 unspecified atom stereocenters. The minimum Gasteiger partial charge on any atom is -0.377 e. The molecule has 2 rings (SSSR count). The molecule has 1 aromatic rings. The highest BCUT2D eigenvalue weighted by Gasteiger charge is 2.21. The number of anilines is 1. The maximum absolute atomic E-state index is 5.86. The lowest BCUT2D eigenvalue weighted by Gasteiger charge is -2.34. The molecular formula is C10H12BrClN2O. The molecule has 1 saturated heterocycles. The van der Waals surface area contributed by atoms with Gasteiger partial charge in [0.15, 0.2) is 0 Å². The normalized spacial score (nSPS) is 21.8. The number of nitrogens with zero attached hydrogens (tertiary/aromatic N) is 2. The van der Waals surface area contributed by atoms with Crippen molar-refractivity contribution in [3.05, 3.63) is 21.8 Å². The van der Waals surface area contributed by atoms with Crippen molar-refractivity contribution in [1.29, 1.82) is 0 Å². The minimum absolute atomic E-state index is 0.351. The zero-order valence-corrected chi connectivity index (χ0v) is 10.8. The number of hydrogen-bond acceptors (Lipinski definition) is 3. The van der Waals surface area contributed by atoms with Crippen molar-refractivity contribution in [3.8, 4) is 0 Å². The predicted molar refractivity (Wildman–Crippen MR) is 64.6 cm³/mol. The fourth-order valence-corrected chi connectivity index (χ4v) is 2.53. The Balaban J connectivity index is 2.27. The van der Waals surface area contributed by atoms with Crippen LogP contribution in [0.15, 0.2) is 16.7 Å². The summed E-state index contributed by atoms with van der Waals surface area (Å²) in [5.41, 5.74) is 0. The maximum Gasteiger partial charge on any atom is 0.143 e. The molecule has 1 aliphatic heterocycles. The van der Waals surface area contributed by atoms with Gasteiger partial charge in [0, 0.05) is 12.7 Å². The summed E-state index contributed by atoms with van der Waals surface area (Å²) in [6.45, 7) is 4.49. The second-order valence-corrected chi connectivity index (χ2v) is 4.87. The van der Waals surface area contributed by atoms with Crippen LogP contribution in [-0.2, 0) is 4.74 Å². The number of halogens is 2. The standard InChI is InChI=1S/C10H12BrClN2O/c1-7-6-15-3-2-14(7)10-9(11)4-8(12)5-13-10/h4-5,7H,2-3,6H2,1H3. The molecule has 1 aliphatic rings. The van der Waals surface area contributed by atoms with Crippen LogP contribution >= 0.6 is 27.5 Å². The Morgan fingerprint density at radius 2 is 2.47 bits per heavy atom. The van der Waals surface area contributed by atoms with E-state index >= 15 is 0 Å². The average Bonchev–Trinajstić information content (AvgIpc) is 2.20. The highest BCUT2D eigenvalue weighted by atomic mass is 79.9. The highest BCUT2D eigenvalue weighted by Crippen LogP contribution is 2.28. The number of rotatable bonds is 1. The van der Waals surface area contributed by atoms with Crippen molar-refractivity contribution in [1.82, 2.24) is 4.98 Å². The third kappa shape index (κ3) is 2.44. The Kier molecular flexibility index (Phi) is 3.49. The molecule has 0 aromatic carbocycles. The summed E-state index contributed by atoms with van der Waals surface area (Å²) in [5.74, 6) is 0.940. The molecule has 0 amide bonds. The van der Waals surface area contributed by atoms with Crippen LogP contribution < -0.4 is 4.90 Å². The van der Waals surface area contributed by atoms with Gasteiger partial charge in [-0.05, 0) is 28.9 Å². The van der Waals surface area contributed by atoms with E-state index in [9.17, 15) is 0 Å². The van der Waals surface area contributed by atoms with Crippen molar-refractivity contribution in [3.63, 3.8) is 0 Å². The van der Waals surface area contributed by atoms with Gasteiger partial charge in [0.25, 0.3) is 0 Å². The van der Waals surface area contributed by atoms with Crippen LogP contribution in [0.25, 0.3) is 0 Å². The number of hydrogen-bond donors (Lipinski definition) is 0. The first-order valence-corrected chi connectivity index (χ1v) is 6.01. The first-order valence-electron chi connectivity index (χ1n) is 4.84. The van der Waals surface area contributed by atoms with Gasteiger partial charge in [-0.15, -0.1) is 0 Å². The van der Waals surface area contributed by atoms with Gasteiger partial charge in [-0.2, -0.15) is 0 Å². The molecule has 82 valence electrons. The third-order valence-corrected chi connectivity index (χ3v) is 3.22. The van der Waals surface area contributed by atoms with E-state index in [0.29, 0.717) is 11.1 Å². The van der Waals surface area contributed by atoms with E-state index in [0.717, 1.165) is 30.0 Å². The van der Waals surface area contributed by atoms with Crippen molar-refractivity contribution in [2.75, 3.05) is 24.7 Å². The lowest BCUT2D eigenvalue weighted by molar-refractivity contribution is 0.0984. The molecular weight excluding hydrogens is 279 g/mol. The zero-order chi connectivity index (χ0) is 10.8. The molecule has 1 fully saturated rings. The second kappa shape index (κ2) is 4.68. The Bertz CT molecular complexity index is 361. The Labute approximate surface area is 103 Å². The summed E-state index contributed by atoms with van der Waals surface area (Å²) >= 11 is 9.34. The highest BCUT2D eigenvalue weighted by molar-refractivity contribution is 9.10. The second-order valence-electron chi connectivity index (χ2n) is 3.58. The van der Waals surface area contributed by atoms with Crippen molar-refractivity contribution >= 4 is 33.3 Å². The van der Waals surface area contributed by atoms with Gasteiger partial charge >= 0.3 is 0 Å².